The van der Waals surface area contributed by atoms with E-state index in [9.17, 15) is 0 Å². The molecular formula is C43H25N3O. The second-order valence-corrected chi connectivity index (χ2v) is 12.4. The number of hydrogen-bond acceptors (Lipinski definition) is 2. The van der Waals surface area contributed by atoms with Crippen molar-refractivity contribution >= 4 is 54.4 Å². The van der Waals surface area contributed by atoms with E-state index in [4.69, 9.17) is 9.40 Å². The van der Waals surface area contributed by atoms with E-state index in [1.165, 1.54) is 54.4 Å². The van der Waals surface area contributed by atoms with E-state index in [1.54, 1.807) is 0 Å². The molecule has 47 heavy (non-hydrogen) atoms. The van der Waals surface area contributed by atoms with Gasteiger partial charge in [-0.1, -0.05) is 97.1 Å². The number of fused-ring (bicyclic) bond motifs is 10. The van der Waals surface area contributed by atoms with Gasteiger partial charge in [-0.25, -0.2) is 4.98 Å². The minimum atomic E-state index is 0.650. The summed E-state index contributed by atoms with van der Waals surface area (Å²) in [6.07, 6.45) is 0. The van der Waals surface area contributed by atoms with E-state index in [1.807, 2.05) is 30.3 Å². The van der Waals surface area contributed by atoms with Gasteiger partial charge in [0, 0.05) is 55.0 Å². The van der Waals surface area contributed by atoms with Crippen LogP contribution in [0.25, 0.3) is 99.8 Å². The number of nitrogens with zero attached hydrogens (tertiary/aromatic N) is 3. The molecular weight excluding hydrogens is 574 g/mol. The van der Waals surface area contributed by atoms with Crippen LogP contribution < -0.4 is 0 Å². The zero-order valence-corrected chi connectivity index (χ0v) is 25.2. The van der Waals surface area contributed by atoms with Crippen LogP contribution in [-0.4, -0.2) is 14.1 Å². The number of oxazole rings is 1. The first kappa shape index (κ1) is 24.9. The molecule has 1 aliphatic carbocycles. The predicted molar refractivity (Wildman–Crippen MR) is 193 cm³/mol. The largest absolute Gasteiger partial charge is 0.435 e. The molecule has 3 aromatic heterocycles. The highest BCUT2D eigenvalue weighted by molar-refractivity contribution is 6.26. The second kappa shape index (κ2) is 9.09. The molecule has 218 valence electrons. The summed E-state index contributed by atoms with van der Waals surface area (Å²) in [5.41, 5.74) is 11.1. The average molecular weight is 600 g/mol. The Bertz CT molecular complexity index is 2890. The molecule has 0 saturated heterocycles. The predicted octanol–water partition coefficient (Wildman–Crippen LogP) is 11.3. The van der Waals surface area contributed by atoms with Crippen LogP contribution in [0.15, 0.2) is 156 Å². The molecule has 0 atom stereocenters. The fourth-order valence-corrected chi connectivity index (χ4v) is 7.94. The maximum absolute atomic E-state index is 6.56. The van der Waals surface area contributed by atoms with E-state index in [2.05, 4.69) is 130 Å². The van der Waals surface area contributed by atoms with Gasteiger partial charge in [0.05, 0.1) is 22.1 Å². The third-order valence-corrected chi connectivity index (χ3v) is 9.85. The Balaban J connectivity index is 1.24. The first-order valence-corrected chi connectivity index (χ1v) is 16.0. The van der Waals surface area contributed by atoms with Gasteiger partial charge in [0.25, 0.3) is 0 Å². The first-order valence-electron chi connectivity index (χ1n) is 16.0. The summed E-state index contributed by atoms with van der Waals surface area (Å²) in [4.78, 5) is 5.01. The molecule has 4 nitrogen and oxygen atoms in total. The van der Waals surface area contributed by atoms with Gasteiger partial charge in [-0.05, 0) is 60.0 Å². The van der Waals surface area contributed by atoms with Gasteiger partial charge < -0.3 is 13.6 Å². The molecule has 11 rings (SSSR count). The van der Waals surface area contributed by atoms with Crippen LogP contribution in [0.4, 0.5) is 0 Å². The monoisotopic (exact) mass is 599 g/mol. The number of rotatable bonds is 3. The van der Waals surface area contributed by atoms with Crippen molar-refractivity contribution < 1.29 is 4.42 Å². The highest BCUT2D eigenvalue weighted by atomic mass is 16.4. The van der Waals surface area contributed by atoms with Crippen molar-refractivity contribution in [2.24, 2.45) is 0 Å². The molecule has 0 spiro atoms. The molecule has 0 saturated carbocycles. The van der Waals surface area contributed by atoms with Crippen molar-refractivity contribution in [1.82, 2.24) is 14.1 Å². The third-order valence-electron chi connectivity index (χ3n) is 9.85. The molecule has 0 aliphatic heterocycles. The molecule has 0 N–H and O–H groups in total. The fourth-order valence-electron chi connectivity index (χ4n) is 7.94. The third kappa shape index (κ3) is 3.28. The number of para-hydroxylation sites is 3. The standard InChI is InChI=1S/C43H25N3O/c1-3-12-26(13-4-1)43-44-40-33-19-11-14-27-24-29(25-34(38(27)33)42(40)47-43)45-36-21-10-8-18-32(36)39-37(45)23-22-31-30-17-7-9-20-35(30)46(41(31)39)28-15-5-2-6-16-28/h1-25H. The summed E-state index contributed by atoms with van der Waals surface area (Å²) >= 11 is 0. The molecule has 0 unspecified atom stereocenters. The normalized spacial score (nSPS) is 12.3. The molecule has 1 aliphatic rings. The molecule has 0 amide bonds. The maximum atomic E-state index is 6.56. The Kier molecular flexibility index (Phi) is 4.81. The van der Waals surface area contributed by atoms with Crippen molar-refractivity contribution in [1.29, 1.82) is 0 Å². The average Bonchev–Trinajstić information content (AvgIpc) is 3.88. The quantitative estimate of drug-likeness (QED) is 0.203. The number of benzene rings is 7. The maximum Gasteiger partial charge on any atom is 0.227 e. The van der Waals surface area contributed by atoms with Gasteiger partial charge in [0.2, 0.25) is 5.89 Å². The van der Waals surface area contributed by atoms with Gasteiger partial charge in [-0.3, -0.25) is 0 Å². The van der Waals surface area contributed by atoms with Crippen molar-refractivity contribution in [3.8, 4) is 45.4 Å². The molecule has 10 aromatic rings. The first-order chi connectivity index (χ1) is 23.3. The zero-order chi connectivity index (χ0) is 30.6. The molecule has 0 bridgehead atoms. The van der Waals surface area contributed by atoms with E-state index >= 15 is 0 Å². The van der Waals surface area contributed by atoms with E-state index < -0.39 is 0 Å². The second-order valence-electron chi connectivity index (χ2n) is 12.4. The Morgan fingerprint density at radius 1 is 0.468 bits per heavy atom. The van der Waals surface area contributed by atoms with Crippen LogP contribution in [-0.2, 0) is 0 Å². The van der Waals surface area contributed by atoms with Crippen LogP contribution in [0.1, 0.15) is 0 Å². The van der Waals surface area contributed by atoms with Gasteiger partial charge in [0.15, 0.2) is 5.76 Å². The van der Waals surface area contributed by atoms with Crippen LogP contribution in [0.5, 0.6) is 0 Å². The fraction of sp³-hybridized carbons (Fsp3) is 0. The number of aromatic nitrogens is 3. The highest BCUT2D eigenvalue weighted by Crippen LogP contribution is 2.50. The summed E-state index contributed by atoms with van der Waals surface area (Å²) in [6, 6.07) is 54.1. The zero-order valence-electron chi connectivity index (χ0n) is 25.2. The van der Waals surface area contributed by atoms with Gasteiger partial charge >= 0.3 is 0 Å². The van der Waals surface area contributed by atoms with Crippen LogP contribution in [0.3, 0.4) is 0 Å². The van der Waals surface area contributed by atoms with Crippen LogP contribution in [0, 0.1) is 0 Å². The SMILES string of the molecule is c1ccc(-c2nc3c(o2)-c2cc(-n4c5ccccc5c5c4ccc4c6ccccc6n(-c6ccccc6)c45)cc4cccc-3c24)cc1. The van der Waals surface area contributed by atoms with Gasteiger partial charge in [-0.2, -0.15) is 0 Å². The van der Waals surface area contributed by atoms with Crippen LogP contribution >= 0.6 is 0 Å². The van der Waals surface area contributed by atoms with E-state index in [0.717, 1.165) is 39.5 Å². The lowest BCUT2D eigenvalue weighted by Gasteiger charge is -2.12. The van der Waals surface area contributed by atoms with Gasteiger partial charge in [-0.15, -0.1) is 0 Å². The Morgan fingerprint density at radius 2 is 1.19 bits per heavy atom. The lowest BCUT2D eigenvalue weighted by atomic mass is 10.0. The van der Waals surface area contributed by atoms with Crippen molar-refractivity contribution in [2.45, 2.75) is 0 Å². The Labute approximate surface area is 269 Å². The molecule has 3 heterocycles. The highest BCUT2D eigenvalue weighted by Gasteiger charge is 2.29. The Morgan fingerprint density at radius 3 is 2.02 bits per heavy atom. The van der Waals surface area contributed by atoms with Crippen molar-refractivity contribution in [2.75, 3.05) is 0 Å². The smallest absolute Gasteiger partial charge is 0.227 e. The van der Waals surface area contributed by atoms with E-state index in [-0.39, 0.29) is 0 Å². The minimum absolute atomic E-state index is 0.650. The lowest BCUT2D eigenvalue weighted by molar-refractivity contribution is 0.590. The van der Waals surface area contributed by atoms with Crippen molar-refractivity contribution in [3.05, 3.63) is 152 Å². The minimum Gasteiger partial charge on any atom is -0.435 e. The molecule has 0 radical (unpaired) electrons. The summed E-state index contributed by atoms with van der Waals surface area (Å²) in [5, 5.41) is 7.35. The summed E-state index contributed by atoms with van der Waals surface area (Å²) < 4.78 is 11.4. The van der Waals surface area contributed by atoms with E-state index in [0.29, 0.717) is 5.89 Å². The van der Waals surface area contributed by atoms with Crippen molar-refractivity contribution in [3.63, 3.8) is 0 Å². The molecule has 7 aromatic carbocycles. The van der Waals surface area contributed by atoms with Crippen LogP contribution in [0.2, 0.25) is 0 Å². The molecule has 4 heteroatoms. The Hall–Kier alpha value is -6.39. The summed E-state index contributed by atoms with van der Waals surface area (Å²) in [5.74, 6) is 1.49. The molecule has 0 fully saturated rings. The summed E-state index contributed by atoms with van der Waals surface area (Å²) in [6.45, 7) is 0. The number of hydrogen-bond donors (Lipinski definition) is 0. The lowest BCUT2D eigenvalue weighted by Crippen LogP contribution is -1.96. The van der Waals surface area contributed by atoms with Gasteiger partial charge in [0.1, 0.15) is 5.69 Å². The summed E-state index contributed by atoms with van der Waals surface area (Å²) in [7, 11) is 0. The topological polar surface area (TPSA) is 35.9 Å².